The lowest BCUT2D eigenvalue weighted by atomic mass is 10.1. The van der Waals surface area contributed by atoms with Crippen molar-refractivity contribution in [2.24, 2.45) is 0 Å². The van der Waals surface area contributed by atoms with Crippen LogP contribution in [0.1, 0.15) is 11.1 Å². The van der Waals surface area contributed by atoms with Crippen molar-refractivity contribution in [3.63, 3.8) is 0 Å². The molecule has 0 fully saturated rings. The van der Waals surface area contributed by atoms with Gasteiger partial charge < -0.3 is 19.2 Å². The van der Waals surface area contributed by atoms with E-state index in [-0.39, 0.29) is 23.8 Å². The zero-order valence-electron chi connectivity index (χ0n) is 17.3. The fourth-order valence-electron chi connectivity index (χ4n) is 3.26. The van der Waals surface area contributed by atoms with E-state index in [0.717, 1.165) is 23.4 Å². The highest BCUT2D eigenvalue weighted by molar-refractivity contribution is 5.62. The third-order valence-electron chi connectivity index (χ3n) is 4.95. The van der Waals surface area contributed by atoms with Crippen molar-refractivity contribution in [1.29, 1.82) is 0 Å². The Labute approximate surface area is 181 Å². The second kappa shape index (κ2) is 8.62. The van der Waals surface area contributed by atoms with Gasteiger partial charge in [0.05, 0.1) is 19.9 Å². The molecule has 6 nitrogen and oxygen atoms in total. The average Bonchev–Trinajstić information content (AvgIpc) is 3.30. The van der Waals surface area contributed by atoms with Crippen molar-refractivity contribution in [2.75, 3.05) is 12.4 Å². The highest BCUT2D eigenvalue weighted by atomic mass is 19.2. The van der Waals surface area contributed by atoms with E-state index in [1.807, 2.05) is 54.2 Å². The van der Waals surface area contributed by atoms with E-state index in [1.165, 1.54) is 17.9 Å². The molecule has 2 heterocycles. The van der Waals surface area contributed by atoms with Crippen molar-refractivity contribution in [3.05, 3.63) is 100.0 Å². The quantitative estimate of drug-likeness (QED) is 0.447. The molecule has 0 unspecified atom stereocenters. The summed E-state index contributed by atoms with van der Waals surface area (Å²) in [4.78, 5) is 16.3. The summed E-state index contributed by atoms with van der Waals surface area (Å²) in [6.45, 7) is 1.80. The van der Waals surface area contributed by atoms with Gasteiger partial charge in [0.1, 0.15) is 0 Å². The van der Waals surface area contributed by atoms with Crippen molar-refractivity contribution >= 4 is 11.6 Å². The molecule has 2 aromatic carbocycles. The van der Waals surface area contributed by atoms with Gasteiger partial charge in [-0.15, -0.1) is 0 Å². The summed E-state index contributed by atoms with van der Waals surface area (Å²) >= 11 is 0. The Morgan fingerprint density at radius 2 is 1.75 bits per heavy atom. The monoisotopic (exact) mass is 440 g/mol. The summed E-state index contributed by atoms with van der Waals surface area (Å²) < 4.78 is 49.2. The number of hydrogen-bond acceptors (Lipinski definition) is 4. The Balaban J connectivity index is 1.75. The molecule has 0 radical (unpaired) electrons. The second-order valence-corrected chi connectivity index (χ2v) is 7.15. The summed E-state index contributed by atoms with van der Waals surface area (Å²) in [6, 6.07) is 11.3. The number of ether oxygens (including phenoxy) is 1. The summed E-state index contributed by atoms with van der Waals surface area (Å²) in [5, 5.41) is 3.12. The van der Waals surface area contributed by atoms with E-state index in [4.69, 9.17) is 4.74 Å². The minimum Gasteiger partial charge on any atom is -0.490 e. The number of halogens is 3. The lowest BCUT2D eigenvalue weighted by molar-refractivity contribution is 0.402. The summed E-state index contributed by atoms with van der Waals surface area (Å²) in [5.41, 5.74) is 1.99. The molecule has 1 N–H and O–H groups in total. The maximum absolute atomic E-state index is 13.7. The van der Waals surface area contributed by atoms with Gasteiger partial charge in [0, 0.05) is 23.8 Å². The van der Waals surface area contributed by atoms with E-state index >= 15 is 0 Å². The Kier molecular flexibility index (Phi) is 5.72. The Morgan fingerprint density at radius 3 is 2.41 bits per heavy atom. The Morgan fingerprint density at radius 1 is 1.06 bits per heavy atom. The number of methoxy groups -OCH3 is 1. The van der Waals surface area contributed by atoms with Crippen LogP contribution in [-0.2, 0) is 6.54 Å². The lowest BCUT2D eigenvalue weighted by Gasteiger charge is -2.17. The van der Waals surface area contributed by atoms with Gasteiger partial charge in [-0.2, -0.15) is 4.98 Å². The summed E-state index contributed by atoms with van der Waals surface area (Å²) in [7, 11) is 1.32. The Hall–Kier alpha value is -4.01. The molecule has 0 spiro atoms. The van der Waals surface area contributed by atoms with Crippen molar-refractivity contribution in [2.45, 2.75) is 13.5 Å². The van der Waals surface area contributed by atoms with Gasteiger partial charge in [-0.3, -0.25) is 4.79 Å². The SMILES string of the molecule is COc1cn(Cc2cc(F)c(F)c(F)c2)c(Nc2cc(-n3cccc3)ccc2C)nc1=O. The molecule has 9 heteroatoms. The zero-order valence-corrected chi connectivity index (χ0v) is 17.3. The molecule has 0 aliphatic rings. The van der Waals surface area contributed by atoms with E-state index in [1.54, 1.807) is 0 Å². The topological polar surface area (TPSA) is 61.1 Å². The Bertz CT molecular complexity index is 1310. The number of aryl methyl sites for hydroxylation is 1. The van der Waals surface area contributed by atoms with Gasteiger partial charge in [-0.25, -0.2) is 13.2 Å². The third kappa shape index (κ3) is 4.22. The highest BCUT2D eigenvalue weighted by Gasteiger charge is 2.15. The van der Waals surface area contributed by atoms with E-state index in [2.05, 4.69) is 10.3 Å². The average molecular weight is 440 g/mol. The van der Waals surface area contributed by atoms with E-state index in [9.17, 15) is 18.0 Å². The molecule has 0 aliphatic heterocycles. The first-order chi connectivity index (χ1) is 15.4. The predicted octanol–water partition coefficient (Wildman–Crippen LogP) is 4.56. The number of anilines is 2. The van der Waals surface area contributed by atoms with Gasteiger partial charge in [0.25, 0.3) is 0 Å². The minimum absolute atomic E-state index is 0.0450. The molecule has 32 heavy (non-hydrogen) atoms. The molecule has 0 atom stereocenters. The molecule has 4 rings (SSSR count). The molecule has 164 valence electrons. The van der Waals surface area contributed by atoms with Crippen LogP contribution in [0.3, 0.4) is 0 Å². The first-order valence-electron chi connectivity index (χ1n) is 9.65. The van der Waals surface area contributed by atoms with Gasteiger partial charge in [-0.1, -0.05) is 6.07 Å². The van der Waals surface area contributed by atoms with Crippen LogP contribution in [0, 0.1) is 24.4 Å². The molecule has 0 bridgehead atoms. The molecule has 0 aliphatic carbocycles. The molecule has 0 amide bonds. The van der Waals surface area contributed by atoms with Crippen LogP contribution in [0.4, 0.5) is 24.8 Å². The number of hydrogen-bond donors (Lipinski definition) is 1. The van der Waals surface area contributed by atoms with Gasteiger partial charge in [0.15, 0.2) is 17.5 Å². The van der Waals surface area contributed by atoms with E-state index < -0.39 is 23.0 Å². The summed E-state index contributed by atoms with van der Waals surface area (Å²) in [5.74, 6) is -4.05. The van der Waals surface area contributed by atoms with Crippen LogP contribution in [-0.4, -0.2) is 21.2 Å². The van der Waals surface area contributed by atoms with Crippen molar-refractivity contribution < 1.29 is 17.9 Å². The smallest absolute Gasteiger partial charge is 0.316 e. The molecular weight excluding hydrogens is 421 g/mol. The number of benzene rings is 2. The molecule has 0 saturated heterocycles. The van der Waals surface area contributed by atoms with Crippen LogP contribution in [0.5, 0.6) is 5.75 Å². The molecule has 2 aromatic heterocycles. The second-order valence-electron chi connectivity index (χ2n) is 7.15. The highest BCUT2D eigenvalue weighted by Crippen LogP contribution is 2.24. The molecular formula is C23H19F3N4O2. The van der Waals surface area contributed by atoms with Crippen molar-refractivity contribution in [1.82, 2.24) is 14.1 Å². The summed E-state index contributed by atoms with van der Waals surface area (Å²) in [6.07, 6.45) is 5.17. The number of nitrogens with zero attached hydrogens (tertiary/aromatic N) is 3. The maximum atomic E-state index is 13.7. The van der Waals surface area contributed by atoms with Crippen LogP contribution in [0.2, 0.25) is 0 Å². The fraction of sp³-hybridized carbons (Fsp3) is 0.130. The van der Waals surface area contributed by atoms with Gasteiger partial charge >= 0.3 is 5.56 Å². The standard InChI is InChI=1S/C23H19F3N4O2/c1-14-5-6-16(29-7-3-4-8-29)11-19(14)27-23-28-22(31)20(32-2)13-30(23)12-15-9-17(24)21(26)18(25)10-15/h3-11,13H,12H2,1-2H3,(H,27,28,31). The number of nitrogens with one attached hydrogen (secondary N) is 1. The van der Waals surface area contributed by atoms with Crippen LogP contribution in [0.25, 0.3) is 5.69 Å². The first-order valence-corrected chi connectivity index (χ1v) is 9.65. The first kappa shape index (κ1) is 21.2. The van der Waals surface area contributed by atoms with Gasteiger partial charge in [0.2, 0.25) is 11.7 Å². The lowest BCUT2D eigenvalue weighted by Crippen LogP contribution is -2.19. The van der Waals surface area contributed by atoms with Crippen LogP contribution < -0.4 is 15.6 Å². The molecule has 0 saturated carbocycles. The third-order valence-corrected chi connectivity index (χ3v) is 4.95. The van der Waals surface area contributed by atoms with E-state index in [0.29, 0.717) is 5.69 Å². The normalized spacial score (nSPS) is 10.9. The number of rotatable bonds is 6. The largest absolute Gasteiger partial charge is 0.490 e. The number of aromatic nitrogens is 3. The van der Waals surface area contributed by atoms with Crippen LogP contribution >= 0.6 is 0 Å². The maximum Gasteiger partial charge on any atom is 0.316 e. The van der Waals surface area contributed by atoms with Crippen molar-refractivity contribution in [3.8, 4) is 11.4 Å². The fourth-order valence-corrected chi connectivity index (χ4v) is 3.26. The minimum atomic E-state index is -1.54. The van der Waals surface area contributed by atoms with Crippen LogP contribution in [0.15, 0.2) is 65.8 Å². The zero-order chi connectivity index (χ0) is 22.8. The molecule has 4 aromatic rings. The van der Waals surface area contributed by atoms with Gasteiger partial charge in [-0.05, 0) is 54.4 Å². The predicted molar refractivity (Wildman–Crippen MR) is 114 cm³/mol.